The molecular weight excluding hydrogens is 242 g/mol. The van der Waals surface area contributed by atoms with Gasteiger partial charge in [-0.05, 0) is 37.3 Å². The monoisotopic (exact) mass is 259 g/mol. The van der Waals surface area contributed by atoms with Crippen LogP contribution in [-0.4, -0.2) is 23.3 Å². The number of para-hydroxylation sites is 1. The van der Waals surface area contributed by atoms with E-state index in [4.69, 9.17) is 14.3 Å². The Kier molecular flexibility index (Phi) is 3.51. The second kappa shape index (κ2) is 5.45. The van der Waals surface area contributed by atoms with E-state index in [0.717, 1.165) is 35.1 Å². The van der Waals surface area contributed by atoms with Crippen LogP contribution in [0.2, 0.25) is 0 Å². The summed E-state index contributed by atoms with van der Waals surface area (Å²) in [5.41, 5.74) is 1.91. The highest BCUT2D eigenvalue weighted by Crippen LogP contribution is 2.37. The van der Waals surface area contributed by atoms with Crippen molar-refractivity contribution in [1.29, 1.82) is 0 Å². The van der Waals surface area contributed by atoms with E-state index in [1.54, 1.807) is 0 Å². The molecule has 0 unspecified atom stereocenters. The summed E-state index contributed by atoms with van der Waals surface area (Å²) >= 11 is 0. The van der Waals surface area contributed by atoms with Gasteiger partial charge in [-0.3, -0.25) is 0 Å². The summed E-state index contributed by atoms with van der Waals surface area (Å²) in [5, 5.41) is 8.87. The van der Waals surface area contributed by atoms with Crippen LogP contribution in [0.4, 0.5) is 0 Å². The van der Waals surface area contributed by atoms with E-state index in [-0.39, 0.29) is 13.2 Å². The Labute approximate surface area is 112 Å². The third-order valence-electron chi connectivity index (χ3n) is 3.30. The average molecular weight is 259 g/mol. The Morgan fingerprint density at radius 2 is 2.16 bits per heavy atom. The Hall–Kier alpha value is -1.81. The second-order valence-electron chi connectivity index (χ2n) is 4.84. The van der Waals surface area contributed by atoms with Crippen LogP contribution in [-0.2, 0) is 6.42 Å². The molecule has 3 rings (SSSR count). The van der Waals surface area contributed by atoms with Crippen LogP contribution >= 0.6 is 0 Å². The molecule has 1 saturated carbocycles. The fraction of sp³-hybridized carbons (Fsp3) is 0.400. The normalized spacial score (nSPS) is 14.6. The molecule has 4 nitrogen and oxygen atoms in total. The highest BCUT2D eigenvalue weighted by Gasteiger charge is 2.25. The molecule has 0 spiro atoms. The van der Waals surface area contributed by atoms with E-state index in [2.05, 4.69) is 4.98 Å². The lowest BCUT2D eigenvalue weighted by Gasteiger charge is -2.09. The Morgan fingerprint density at radius 3 is 2.95 bits per heavy atom. The minimum absolute atomic E-state index is 0.000327. The third kappa shape index (κ3) is 2.79. The molecule has 0 aliphatic heterocycles. The highest BCUT2D eigenvalue weighted by atomic mass is 16.5. The third-order valence-corrected chi connectivity index (χ3v) is 3.30. The van der Waals surface area contributed by atoms with Crippen molar-refractivity contribution in [3.05, 3.63) is 36.4 Å². The first-order valence-electron chi connectivity index (χ1n) is 6.64. The van der Waals surface area contributed by atoms with Crippen molar-refractivity contribution in [2.45, 2.75) is 19.3 Å². The first-order valence-corrected chi connectivity index (χ1v) is 6.64. The molecule has 1 aromatic heterocycles. The van der Waals surface area contributed by atoms with Crippen LogP contribution in [0, 0.1) is 5.92 Å². The zero-order chi connectivity index (χ0) is 13.1. The van der Waals surface area contributed by atoms with Gasteiger partial charge < -0.3 is 14.3 Å². The smallest absolute Gasteiger partial charge is 0.181 e. The molecule has 4 heteroatoms. The molecule has 1 fully saturated rings. The first-order chi connectivity index (χ1) is 9.38. The van der Waals surface area contributed by atoms with Crippen LogP contribution in [0.15, 0.2) is 35.1 Å². The standard InChI is InChI=1S/C15H17NO3/c17-7-8-18-14-4-2-1-3-12(14)15-13(16-10-19-15)9-11-5-6-11/h1-4,10-11,17H,5-9H2. The molecule has 100 valence electrons. The van der Waals surface area contributed by atoms with E-state index in [0.29, 0.717) is 0 Å². The van der Waals surface area contributed by atoms with E-state index < -0.39 is 0 Å². The fourth-order valence-corrected chi connectivity index (χ4v) is 2.16. The number of hydrogen-bond donors (Lipinski definition) is 1. The molecule has 0 amide bonds. The summed E-state index contributed by atoms with van der Waals surface area (Å²) in [7, 11) is 0. The summed E-state index contributed by atoms with van der Waals surface area (Å²) < 4.78 is 11.1. The maximum atomic E-state index is 8.87. The van der Waals surface area contributed by atoms with Crippen LogP contribution in [0.25, 0.3) is 11.3 Å². The van der Waals surface area contributed by atoms with Gasteiger partial charge in [-0.2, -0.15) is 0 Å². The topological polar surface area (TPSA) is 55.5 Å². The van der Waals surface area contributed by atoms with Gasteiger partial charge in [0.2, 0.25) is 0 Å². The van der Waals surface area contributed by atoms with Gasteiger partial charge in [0.25, 0.3) is 0 Å². The lowest BCUT2D eigenvalue weighted by molar-refractivity contribution is 0.201. The van der Waals surface area contributed by atoms with Crippen molar-refractivity contribution in [2.75, 3.05) is 13.2 Å². The summed E-state index contributed by atoms with van der Waals surface area (Å²) in [6, 6.07) is 7.70. The maximum absolute atomic E-state index is 8.87. The number of hydrogen-bond acceptors (Lipinski definition) is 4. The van der Waals surface area contributed by atoms with Crippen molar-refractivity contribution < 1.29 is 14.3 Å². The van der Waals surface area contributed by atoms with Crippen LogP contribution in [0.5, 0.6) is 5.75 Å². The molecule has 1 aromatic carbocycles. The van der Waals surface area contributed by atoms with E-state index in [1.807, 2.05) is 24.3 Å². The molecule has 1 heterocycles. The van der Waals surface area contributed by atoms with Crippen LogP contribution in [0.3, 0.4) is 0 Å². The van der Waals surface area contributed by atoms with Gasteiger partial charge >= 0.3 is 0 Å². The number of oxazole rings is 1. The number of benzene rings is 1. The summed E-state index contributed by atoms with van der Waals surface area (Å²) in [6.07, 6.45) is 5.04. The highest BCUT2D eigenvalue weighted by molar-refractivity contribution is 5.67. The fourth-order valence-electron chi connectivity index (χ4n) is 2.16. The minimum atomic E-state index is -0.000327. The van der Waals surface area contributed by atoms with Gasteiger partial charge in [0.1, 0.15) is 12.4 Å². The van der Waals surface area contributed by atoms with Crippen LogP contribution < -0.4 is 4.74 Å². The minimum Gasteiger partial charge on any atom is -0.490 e. The lowest BCUT2D eigenvalue weighted by Crippen LogP contribution is -2.03. The predicted molar refractivity (Wildman–Crippen MR) is 70.9 cm³/mol. The van der Waals surface area contributed by atoms with Crippen molar-refractivity contribution in [3.63, 3.8) is 0 Å². The number of ether oxygens (including phenoxy) is 1. The zero-order valence-electron chi connectivity index (χ0n) is 10.7. The average Bonchev–Trinajstić information content (AvgIpc) is 3.13. The van der Waals surface area contributed by atoms with Gasteiger partial charge in [0.15, 0.2) is 12.2 Å². The number of aliphatic hydroxyl groups is 1. The van der Waals surface area contributed by atoms with Gasteiger partial charge in [0, 0.05) is 0 Å². The predicted octanol–water partition coefficient (Wildman–Crippen LogP) is 2.67. The van der Waals surface area contributed by atoms with Gasteiger partial charge in [-0.1, -0.05) is 12.1 Å². The first kappa shape index (κ1) is 12.2. The summed E-state index contributed by atoms with van der Waals surface area (Å²) in [5.74, 6) is 2.28. The second-order valence-corrected chi connectivity index (χ2v) is 4.84. The van der Waals surface area contributed by atoms with Gasteiger partial charge in [-0.25, -0.2) is 4.98 Å². The van der Waals surface area contributed by atoms with Crippen molar-refractivity contribution >= 4 is 0 Å². The van der Waals surface area contributed by atoms with Crippen molar-refractivity contribution in [3.8, 4) is 17.1 Å². The molecule has 0 bridgehead atoms. The van der Waals surface area contributed by atoms with Gasteiger partial charge in [-0.15, -0.1) is 0 Å². The number of aliphatic hydroxyl groups excluding tert-OH is 1. The number of rotatable bonds is 6. The SMILES string of the molecule is OCCOc1ccccc1-c1ocnc1CC1CC1. The molecule has 1 aliphatic carbocycles. The van der Waals surface area contributed by atoms with E-state index >= 15 is 0 Å². The molecule has 2 aromatic rings. The Morgan fingerprint density at radius 1 is 1.32 bits per heavy atom. The van der Waals surface area contributed by atoms with E-state index in [9.17, 15) is 0 Å². The largest absolute Gasteiger partial charge is 0.490 e. The molecule has 19 heavy (non-hydrogen) atoms. The molecule has 0 atom stereocenters. The lowest BCUT2D eigenvalue weighted by atomic mass is 10.1. The summed E-state index contributed by atoms with van der Waals surface area (Å²) in [4.78, 5) is 4.32. The summed E-state index contributed by atoms with van der Waals surface area (Å²) in [6.45, 7) is 0.281. The zero-order valence-corrected chi connectivity index (χ0v) is 10.7. The molecule has 1 N–H and O–H groups in total. The molecular formula is C15H17NO3. The Balaban J connectivity index is 1.89. The van der Waals surface area contributed by atoms with Crippen LogP contribution in [0.1, 0.15) is 18.5 Å². The van der Waals surface area contributed by atoms with E-state index in [1.165, 1.54) is 19.2 Å². The molecule has 1 aliphatic rings. The quantitative estimate of drug-likeness (QED) is 0.866. The van der Waals surface area contributed by atoms with Crippen molar-refractivity contribution in [2.24, 2.45) is 5.92 Å². The number of aromatic nitrogens is 1. The molecule has 0 radical (unpaired) electrons. The van der Waals surface area contributed by atoms with Crippen molar-refractivity contribution in [1.82, 2.24) is 4.98 Å². The Bertz CT molecular complexity index is 546. The maximum Gasteiger partial charge on any atom is 0.181 e. The molecule has 0 saturated heterocycles. The van der Waals surface area contributed by atoms with Gasteiger partial charge in [0.05, 0.1) is 17.9 Å². The number of nitrogens with zero attached hydrogens (tertiary/aromatic N) is 1.